The van der Waals surface area contributed by atoms with Gasteiger partial charge in [-0.3, -0.25) is 4.79 Å². The van der Waals surface area contributed by atoms with Crippen molar-refractivity contribution in [1.29, 1.82) is 0 Å². The molecule has 1 N–H and O–H groups in total. The van der Waals surface area contributed by atoms with Crippen molar-refractivity contribution in [2.45, 2.75) is 30.5 Å². The highest BCUT2D eigenvalue weighted by Gasteiger charge is 2.41. The van der Waals surface area contributed by atoms with Crippen LogP contribution in [-0.4, -0.2) is 45.3 Å². The van der Waals surface area contributed by atoms with Gasteiger partial charge in [0.25, 0.3) is 5.91 Å². The van der Waals surface area contributed by atoms with Crippen LogP contribution >= 0.6 is 23.5 Å². The number of nitrogens with zero attached hydrogens (tertiary/aromatic N) is 1. The molecule has 7 heteroatoms. The smallest absolute Gasteiger partial charge is 0.327 e. The van der Waals surface area contributed by atoms with Crippen molar-refractivity contribution in [3.05, 3.63) is 23.7 Å². The maximum atomic E-state index is 12.5. The normalized spacial score (nSPS) is 22.2. The van der Waals surface area contributed by atoms with Crippen molar-refractivity contribution in [2.75, 3.05) is 12.0 Å². The van der Waals surface area contributed by atoms with Gasteiger partial charge in [-0.05, 0) is 24.8 Å². The average molecular weight is 315 g/mol. The van der Waals surface area contributed by atoms with E-state index in [9.17, 15) is 14.7 Å². The van der Waals surface area contributed by atoms with Gasteiger partial charge in [0.15, 0.2) is 5.76 Å². The predicted molar refractivity (Wildman–Crippen MR) is 80.1 cm³/mol. The van der Waals surface area contributed by atoms with Crippen LogP contribution in [0.3, 0.4) is 0 Å². The van der Waals surface area contributed by atoms with E-state index in [0.29, 0.717) is 11.5 Å². The first-order chi connectivity index (χ1) is 9.58. The van der Waals surface area contributed by atoms with Gasteiger partial charge in [0.05, 0.1) is 11.1 Å². The molecule has 1 aromatic rings. The number of thioether (sulfide) groups is 2. The molecule has 0 bridgehead atoms. The first-order valence-corrected chi connectivity index (χ1v) is 8.77. The van der Waals surface area contributed by atoms with Gasteiger partial charge in [0, 0.05) is 5.75 Å². The SMILES string of the molecule is CCC1SCC(C(=O)O)N1C(=O)c1ccc(CSC)o1. The molecule has 0 spiro atoms. The predicted octanol–water partition coefficient (Wildman–Crippen LogP) is 2.52. The van der Waals surface area contributed by atoms with Gasteiger partial charge in [-0.1, -0.05) is 6.92 Å². The van der Waals surface area contributed by atoms with Gasteiger partial charge in [-0.15, -0.1) is 11.8 Å². The molecule has 5 nitrogen and oxygen atoms in total. The topological polar surface area (TPSA) is 70.8 Å². The summed E-state index contributed by atoms with van der Waals surface area (Å²) in [4.78, 5) is 25.2. The molecule has 0 saturated carbocycles. The van der Waals surface area contributed by atoms with Crippen LogP contribution in [0, 0.1) is 0 Å². The molecule has 1 saturated heterocycles. The molecule has 1 aliphatic rings. The summed E-state index contributed by atoms with van der Waals surface area (Å²) >= 11 is 3.11. The molecule has 2 heterocycles. The number of carbonyl (C=O) groups excluding carboxylic acids is 1. The van der Waals surface area contributed by atoms with E-state index in [1.54, 1.807) is 23.9 Å². The maximum Gasteiger partial charge on any atom is 0.327 e. The van der Waals surface area contributed by atoms with Crippen LogP contribution in [0.15, 0.2) is 16.5 Å². The number of amides is 1. The van der Waals surface area contributed by atoms with Crippen molar-refractivity contribution < 1.29 is 19.1 Å². The Hall–Kier alpha value is -1.08. The van der Waals surface area contributed by atoms with Crippen molar-refractivity contribution in [3.8, 4) is 0 Å². The largest absolute Gasteiger partial charge is 0.480 e. The maximum absolute atomic E-state index is 12.5. The van der Waals surface area contributed by atoms with Crippen LogP contribution in [0.5, 0.6) is 0 Å². The van der Waals surface area contributed by atoms with E-state index >= 15 is 0 Å². The fraction of sp³-hybridized carbons (Fsp3) is 0.538. The lowest BCUT2D eigenvalue weighted by molar-refractivity contribution is -0.141. The van der Waals surface area contributed by atoms with Crippen molar-refractivity contribution in [1.82, 2.24) is 4.90 Å². The quantitative estimate of drug-likeness (QED) is 0.900. The zero-order valence-electron chi connectivity index (χ0n) is 11.4. The number of carboxylic acid groups (broad SMARTS) is 1. The number of hydrogen-bond acceptors (Lipinski definition) is 5. The monoisotopic (exact) mass is 315 g/mol. The van der Waals surface area contributed by atoms with E-state index in [2.05, 4.69) is 0 Å². The Morgan fingerprint density at radius 3 is 2.90 bits per heavy atom. The summed E-state index contributed by atoms with van der Waals surface area (Å²) in [7, 11) is 0. The van der Waals surface area contributed by atoms with Gasteiger partial charge < -0.3 is 14.4 Å². The van der Waals surface area contributed by atoms with E-state index in [-0.39, 0.29) is 17.0 Å². The van der Waals surface area contributed by atoms with Gasteiger partial charge >= 0.3 is 5.97 Å². The third-order valence-electron chi connectivity index (χ3n) is 3.12. The van der Waals surface area contributed by atoms with E-state index in [1.165, 1.54) is 16.7 Å². The second-order valence-corrected chi connectivity index (χ2v) is 6.54. The number of hydrogen-bond donors (Lipinski definition) is 1. The molecular formula is C13H17NO4S2. The van der Waals surface area contributed by atoms with Crippen molar-refractivity contribution in [2.24, 2.45) is 0 Å². The molecule has 1 aromatic heterocycles. The Labute approximate surface area is 126 Å². The Kier molecular flexibility index (Phi) is 5.04. The second kappa shape index (κ2) is 6.58. The Morgan fingerprint density at radius 2 is 2.30 bits per heavy atom. The average Bonchev–Trinajstić information content (AvgIpc) is 3.04. The lowest BCUT2D eigenvalue weighted by Crippen LogP contribution is -2.45. The highest BCUT2D eigenvalue weighted by Crippen LogP contribution is 2.33. The zero-order chi connectivity index (χ0) is 14.7. The lowest BCUT2D eigenvalue weighted by atomic mass is 10.2. The Morgan fingerprint density at radius 1 is 1.55 bits per heavy atom. The van der Waals surface area contributed by atoms with E-state index in [4.69, 9.17) is 4.42 Å². The summed E-state index contributed by atoms with van der Waals surface area (Å²) in [5, 5.41) is 9.14. The molecule has 2 unspecified atom stereocenters. The second-order valence-electron chi connectivity index (χ2n) is 4.46. The van der Waals surface area contributed by atoms with Gasteiger partial charge in [-0.25, -0.2) is 4.79 Å². The number of carboxylic acids is 1. The minimum absolute atomic E-state index is 0.0994. The highest BCUT2D eigenvalue weighted by molar-refractivity contribution is 8.00. The summed E-state index contributed by atoms with van der Waals surface area (Å²) in [5.74, 6) is 0.785. The molecule has 110 valence electrons. The van der Waals surface area contributed by atoms with Crippen molar-refractivity contribution >= 4 is 35.4 Å². The fourth-order valence-electron chi connectivity index (χ4n) is 2.18. The van der Waals surface area contributed by atoms with Crippen LogP contribution in [0.2, 0.25) is 0 Å². The van der Waals surface area contributed by atoms with Gasteiger partial charge in [0.2, 0.25) is 0 Å². The summed E-state index contributed by atoms with van der Waals surface area (Å²) in [6.45, 7) is 1.95. The fourth-order valence-corrected chi connectivity index (χ4v) is 3.97. The van der Waals surface area contributed by atoms with E-state index in [0.717, 1.165) is 12.2 Å². The summed E-state index contributed by atoms with van der Waals surface area (Å²) in [6, 6.07) is 2.62. The molecule has 0 aliphatic carbocycles. The number of furan rings is 1. The molecule has 2 atom stereocenters. The third-order valence-corrected chi connectivity index (χ3v) is 5.15. The summed E-state index contributed by atoms with van der Waals surface area (Å²) in [6.07, 6.45) is 2.67. The number of aliphatic carboxylic acids is 1. The van der Waals surface area contributed by atoms with Crippen molar-refractivity contribution in [3.63, 3.8) is 0 Å². The molecule has 2 rings (SSSR count). The number of carbonyl (C=O) groups is 2. The Balaban J connectivity index is 2.21. The molecule has 20 heavy (non-hydrogen) atoms. The van der Waals surface area contributed by atoms with Gasteiger partial charge in [0.1, 0.15) is 11.8 Å². The first-order valence-electron chi connectivity index (χ1n) is 6.33. The van der Waals surface area contributed by atoms with Crippen LogP contribution in [-0.2, 0) is 10.5 Å². The molecule has 0 aromatic carbocycles. The standard InChI is InChI=1S/C13H17NO4S2/c1-3-11-14(9(7-20-11)13(16)17)12(15)10-5-4-8(18-10)6-19-2/h4-5,9,11H,3,6-7H2,1-2H3,(H,16,17). The van der Waals surface area contributed by atoms with E-state index in [1.807, 2.05) is 13.2 Å². The molecule has 1 amide bonds. The van der Waals surface area contributed by atoms with Crippen LogP contribution in [0.25, 0.3) is 0 Å². The van der Waals surface area contributed by atoms with Crippen LogP contribution < -0.4 is 0 Å². The highest BCUT2D eigenvalue weighted by atomic mass is 32.2. The molecule has 1 aliphatic heterocycles. The molecular weight excluding hydrogens is 298 g/mol. The van der Waals surface area contributed by atoms with Gasteiger partial charge in [-0.2, -0.15) is 11.8 Å². The van der Waals surface area contributed by atoms with Crippen LogP contribution in [0.4, 0.5) is 0 Å². The van der Waals surface area contributed by atoms with Crippen LogP contribution in [0.1, 0.15) is 29.7 Å². The first kappa shape index (κ1) is 15.3. The number of rotatable bonds is 5. The van der Waals surface area contributed by atoms with E-state index < -0.39 is 12.0 Å². The lowest BCUT2D eigenvalue weighted by Gasteiger charge is -2.25. The third kappa shape index (κ3) is 2.98. The zero-order valence-corrected chi connectivity index (χ0v) is 13.0. The summed E-state index contributed by atoms with van der Waals surface area (Å²) < 4.78 is 5.50. The molecule has 1 fully saturated rings. The Bertz CT molecular complexity index is 502. The summed E-state index contributed by atoms with van der Waals surface area (Å²) in [5.41, 5.74) is 0. The molecule has 0 radical (unpaired) electrons. The minimum atomic E-state index is -0.960. The minimum Gasteiger partial charge on any atom is -0.480 e.